The molecule has 3 aromatic rings. The Bertz CT molecular complexity index is 941. The number of rotatable bonds is 7. The summed E-state index contributed by atoms with van der Waals surface area (Å²) in [6, 6.07) is 8.54. The first kappa shape index (κ1) is 20.1. The van der Waals surface area contributed by atoms with E-state index in [0.29, 0.717) is 6.61 Å². The minimum Gasteiger partial charge on any atom is -0.461 e. The lowest BCUT2D eigenvalue weighted by molar-refractivity contribution is -0.0297. The molecule has 2 aromatic heterocycles. The fraction of sp³-hybridized carbons (Fsp3) is 0.429. The average Bonchev–Trinajstić information content (AvgIpc) is 3.31. The molecule has 3 heterocycles. The summed E-state index contributed by atoms with van der Waals surface area (Å²) in [6.07, 6.45) is 2.73. The number of ether oxygens (including phenoxy) is 1. The summed E-state index contributed by atoms with van der Waals surface area (Å²) in [7, 11) is 1.97. The number of nitrogens with zero attached hydrogens (tertiary/aromatic N) is 4. The molecule has 0 bridgehead atoms. The zero-order valence-electron chi connectivity index (χ0n) is 16.7. The van der Waals surface area contributed by atoms with Crippen molar-refractivity contribution in [1.82, 2.24) is 19.7 Å². The van der Waals surface area contributed by atoms with E-state index in [0.717, 1.165) is 59.7 Å². The van der Waals surface area contributed by atoms with E-state index < -0.39 is 0 Å². The van der Waals surface area contributed by atoms with Crippen molar-refractivity contribution < 1.29 is 13.5 Å². The van der Waals surface area contributed by atoms with Gasteiger partial charge in [-0.2, -0.15) is 0 Å². The van der Waals surface area contributed by atoms with Crippen molar-refractivity contribution in [2.75, 3.05) is 32.0 Å². The van der Waals surface area contributed by atoms with E-state index in [1.54, 1.807) is 18.0 Å². The highest BCUT2D eigenvalue weighted by atomic mass is 32.2. The molecule has 0 N–H and O–H groups in total. The van der Waals surface area contributed by atoms with Gasteiger partial charge in [-0.05, 0) is 49.2 Å². The van der Waals surface area contributed by atoms with Crippen LogP contribution in [0.15, 0.2) is 46.2 Å². The van der Waals surface area contributed by atoms with Crippen molar-refractivity contribution in [3.05, 3.63) is 53.5 Å². The second-order valence-electron chi connectivity index (χ2n) is 7.21. The summed E-state index contributed by atoms with van der Waals surface area (Å²) >= 11 is 1.71. The van der Waals surface area contributed by atoms with Gasteiger partial charge in [0, 0.05) is 25.9 Å². The normalized spacial score (nSPS) is 17.7. The zero-order chi connectivity index (χ0) is 20.2. The van der Waals surface area contributed by atoms with Gasteiger partial charge >= 0.3 is 0 Å². The number of aryl methyl sites for hydroxylation is 1. The molecule has 0 amide bonds. The van der Waals surface area contributed by atoms with Gasteiger partial charge in [0.2, 0.25) is 0 Å². The summed E-state index contributed by atoms with van der Waals surface area (Å²) in [5, 5.41) is 9.48. The number of hydrogen-bond donors (Lipinski definition) is 0. The van der Waals surface area contributed by atoms with Crippen LogP contribution in [0, 0.1) is 12.7 Å². The van der Waals surface area contributed by atoms with Gasteiger partial charge in [0.25, 0.3) is 0 Å². The van der Waals surface area contributed by atoms with Gasteiger partial charge in [-0.25, -0.2) is 4.39 Å². The Morgan fingerprint density at radius 2 is 2.03 bits per heavy atom. The van der Waals surface area contributed by atoms with Crippen LogP contribution >= 0.6 is 11.8 Å². The van der Waals surface area contributed by atoms with Crippen molar-refractivity contribution in [2.24, 2.45) is 7.05 Å². The van der Waals surface area contributed by atoms with Crippen LogP contribution in [0.4, 0.5) is 4.39 Å². The molecule has 1 aliphatic heterocycles. The van der Waals surface area contributed by atoms with Crippen LogP contribution in [0.25, 0.3) is 11.6 Å². The Morgan fingerprint density at radius 3 is 2.79 bits per heavy atom. The van der Waals surface area contributed by atoms with Crippen molar-refractivity contribution in [3.8, 4) is 11.6 Å². The van der Waals surface area contributed by atoms with Crippen molar-refractivity contribution >= 4 is 11.8 Å². The molecule has 154 valence electrons. The average molecular weight is 417 g/mol. The maximum Gasteiger partial charge on any atom is 0.200 e. The minimum absolute atomic E-state index is 0.00911. The molecular formula is C21H25FN4O2S. The van der Waals surface area contributed by atoms with Gasteiger partial charge in [-0.1, -0.05) is 23.9 Å². The third kappa shape index (κ3) is 4.71. The number of morpholine rings is 1. The highest BCUT2D eigenvalue weighted by molar-refractivity contribution is 7.99. The van der Waals surface area contributed by atoms with Crippen LogP contribution in [-0.2, 0) is 11.8 Å². The summed E-state index contributed by atoms with van der Waals surface area (Å²) < 4.78 is 26.5. The quantitative estimate of drug-likeness (QED) is 0.427. The first-order valence-electron chi connectivity index (χ1n) is 9.78. The SMILES string of the molecule is Cc1ccoc1-c1nnc(SCCCN2CCO[C@@H](c3ccc(F)cc3)C2)n1C. The first-order valence-corrected chi connectivity index (χ1v) is 10.8. The van der Waals surface area contributed by atoms with Gasteiger partial charge in [-0.15, -0.1) is 10.2 Å². The number of halogens is 1. The van der Waals surface area contributed by atoms with Gasteiger partial charge in [0.05, 0.1) is 19.0 Å². The summed E-state index contributed by atoms with van der Waals surface area (Å²) in [6.45, 7) is 5.46. The summed E-state index contributed by atoms with van der Waals surface area (Å²) in [5.41, 5.74) is 2.09. The van der Waals surface area contributed by atoms with Gasteiger partial charge in [0.1, 0.15) is 5.82 Å². The Kier molecular flexibility index (Phi) is 6.32. The Morgan fingerprint density at radius 1 is 1.21 bits per heavy atom. The molecule has 29 heavy (non-hydrogen) atoms. The van der Waals surface area contributed by atoms with Crippen LogP contribution in [-0.4, -0.2) is 51.7 Å². The van der Waals surface area contributed by atoms with Gasteiger partial charge in [-0.3, -0.25) is 4.90 Å². The van der Waals surface area contributed by atoms with Crippen LogP contribution in [0.5, 0.6) is 0 Å². The van der Waals surface area contributed by atoms with E-state index >= 15 is 0 Å². The zero-order valence-corrected chi connectivity index (χ0v) is 17.5. The third-order valence-corrected chi connectivity index (χ3v) is 6.25. The maximum atomic E-state index is 13.1. The smallest absolute Gasteiger partial charge is 0.200 e. The lowest BCUT2D eigenvalue weighted by Crippen LogP contribution is -2.39. The van der Waals surface area contributed by atoms with E-state index in [1.165, 1.54) is 12.1 Å². The summed E-state index contributed by atoms with van der Waals surface area (Å²) in [5.74, 6) is 2.27. The Hall–Kier alpha value is -2.16. The number of thioether (sulfide) groups is 1. The monoisotopic (exact) mass is 416 g/mol. The molecule has 8 heteroatoms. The molecule has 1 atom stereocenters. The predicted molar refractivity (Wildman–Crippen MR) is 110 cm³/mol. The number of aromatic nitrogens is 3. The highest BCUT2D eigenvalue weighted by Gasteiger charge is 2.22. The Balaban J connectivity index is 1.26. The molecule has 0 unspecified atom stereocenters. The topological polar surface area (TPSA) is 56.3 Å². The number of hydrogen-bond acceptors (Lipinski definition) is 6. The van der Waals surface area contributed by atoms with Crippen LogP contribution in [0.3, 0.4) is 0 Å². The third-order valence-electron chi connectivity index (χ3n) is 5.14. The maximum absolute atomic E-state index is 13.1. The largest absolute Gasteiger partial charge is 0.461 e. The standard InChI is InChI=1S/C21H25FN4O2S/c1-15-8-11-28-19(15)20-23-24-21(25(20)2)29-13-3-9-26-10-12-27-18(14-26)16-4-6-17(22)7-5-16/h4-8,11,18H,3,9-10,12-14H2,1-2H3/t18-/m1/s1. The van der Waals surface area contributed by atoms with Crippen molar-refractivity contribution in [2.45, 2.75) is 24.6 Å². The van der Waals surface area contributed by atoms with E-state index in [4.69, 9.17) is 9.15 Å². The Labute approximate surface area is 174 Å². The second-order valence-corrected chi connectivity index (χ2v) is 8.27. The highest BCUT2D eigenvalue weighted by Crippen LogP contribution is 2.26. The molecule has 0 spiro atoms. The van der Waals surface area contributed by atoms with Crippen LogP contribution in [0.1, 0.15) is 23.7 Å². The molecule has 1 aliphatic rings. The van der Waals surface area contributed by atoms with Crippen molar-refractivity contribution in [1.29, 1.82) is 0 Å². The lowest BCUT2D eigenvalue weighted by atomic mass is 10.1. The van der Waals surface area contributed by atoms with Crippen LogP contribution in [0.2, 0.25) is 0 Å². The van der Waals surface area contributed by atoms with Gasteiger partial charge < -0.3 is 13.7 Å². The van der Waals surface area contributed by atoms with E-state index in [2.05, 4.69) is 15.1 Å². The van der Waals surface area contributed by atoms with Crippen LogP contribution < -0.4 is 0 Å². The van der Waals surface area contributed by atoms with Gasteiger partial charge in [0.15, 0.2) is 16.7 Å². The molecule has 0 aliphatic carbocycles. The predicted octanol–water partition coefficient (Wildman–Crippen LogP) is 4.08. The molecular weight excluding hydrogens is 391 g/mol. The molecule has 4 rings (SSSR count). The van der Waals surface area contributed by atoms with E-state index in [1.807, 2.05) is 36.7 Å². The van der Waals surface area contributed by atoms with E-state index in [9.17, 15) is 4.39 Å². The number of benzene rings is 1. The second kappa shape index (κ2) is 9.11. The molecule has 0 radical (unpaired) electrons. The number of furan rings is 1. The molecule has 0 saturated carbocycles. The first-order chi connectivity index (χ1) is 14.1. The lowest BCUT2D eigenvalue weighted by Gasteiger charge is -2.33. The fourth-order valence-electron chi connectivity index (χ4n) is 3.48. The van der Waals surface area contributed by atoms with E-state index in [-0.39, 0.29) is 11.9 Å². The van der Waals surface area contributed by atoms with Crippen molar-refractivity contribution in [3.63, 3.8) is 0 Å². The molecule has 1 saturated heterocycles. The fourth-order valence-corrected chi connectivity index (χ4v) is 4.31. The summed E-state index contributed by atoms with van der Waals surface area (Å²) in [4.78, 5) is 2.41. The minimum atomic E-state index is -0.215. The molecule has 1 fully saturated rings. The molecule has 6 nitrogen and oxygen atoms in total. The molecule has 1 aromatic carbocycles.